The molecule has 2 rings (SSSR count). The van der Waals surface area contributed by atoms with Crippen LogP contribution in [0.15, 0.2) is 11.5 Å². The molecule has 1 amide bonds. The van der Waals surface area contributed by atoms with E-state index in [0.717, 1.165) is 0 Å². The summed E-state index contributed by atoms with van der Waals surface area (Å²) in [7, 11) is 0. The molecule has 6 heteroatoms. The lowest BCUT2D eigenvalue weighted by molar-refractivity contribution is -0.455. The van der Waals surface area contributed by atoms with Gasteiger partial charge in [-0.1, -0.05) is 5.76 Å². The molecule has 0 aliphatic carbocycles. The molecule has 20 heavy (non-hydrogen) atoms. The van der Waals surface area contributed by atoms with Crippen LogP contribution in [0.2, 0.25) is 0 Å². The lowest BCUT2D eigenvalue weighted by atomic mass is 9.95. The monoisotopic (exact) mass is 281 g/mol. The zero-order valence-electron chi connectivity index (χ0n) is 12.2. The van der Waals surface area contributed by atoms with Crippen LogP contribution in [0, 0.1) is 11.3 Å². The number of hydrogen-bond donors (Lipinski definition) is 0. The standard InChI is InChI=1S/C14H19NO5/c1-5-19-12(17)10-9(16)8-6-7-15(11(8)20-10)13(18)14(2,3)4/h8H,5-7H2,1-4H3. The number of ether oxygens (including phenoxy) is 2. The summed E-state index contributed by atoms with van der Waals surface area (Å²) in [5.74, 6) is -1.82. The van der Waals surface area contributed by atoms with Crippen molar-refractivity contribution in [3.63, 3.8) is 0 Å². The predicted octanol–water partition coefficient (Wildman–Crippen LogP) is 0.155. The fraction of sp³-hybridized carbons (Fsp3) is 0.643. The van der Waals surface area contributed by atoms with Crippen molar-refractivity contribution in [2.24, 2.45) is 11.3 Å². The van der Waals surface area contributed by atoms with E-state index in [1.54, 1.807) is 27.7 Å². The number of rotatable bonds is 2. The van der Waals surface area contributed by atoms with Crippen LogP contribution in [-0.4, -0.2) is 35.5 Å². The Balaban J connectivity index is 2.30. The molecule has 6 nitrogen and oxygen atoms in total. The summed E-state index contributed by atoms with van der Waals surface area (Å²) in [5, 5.41) is 12.1. The maximum Gasteiger partial charge on any atom is 0.394 e. The van der Waals surface area contributed by atoms with Gasteiger partial charge < -0.3 is 14.6 Å². The van der Waals surface area contributed by atoms with Gasteiger partial charge in [0.25, 0.3) is 0 Å². The van der Waals surface area contributed by atoms with Crippen molar-refractivity contribution >= 4 is 17.8 Å². The molecule has 0 spiro atoms. The fourth-order valence-corrected chi connectivity index (χ4v) is 2.31. The second kappa shape index (κ2) is 4.92. The molecule has 0 radical (unpaired) electrons. The highest BCUT2D eigenvalue weighted by Gasteiger charge is 2.48. The van der Waals surface area contributed by atoms with E-state index >= 15 is 0 Å². The molecule has 0 bridgehead atoms. The van der Waals surface area contributed by atoms with E-state index in [-0.39, 0.29) is 29.9 Å². The van der Waals surface area contributed by atoms with E-state index in [1.165, 1.54) is 4.58 Å². The van der Waals surface area contributed by atoms with Gasteiger partial charge in [0, 0.05) is 6.42 Å². The summed E-state index contributed by atoms with van der Waals surface area (Å²) in [6, 6.07) is 0. The zero-order valence-corrected chi connectivity index (χ0v) is 12.2. The third-order valence-electron chi connectivity index (χ3n) is 3.30. The van der Waals surface area contributed by atoms with Crippen molar-refractivity contribution in [3.05, 3.63) is 11.5 Å². The SMILES string of the molecule is CCOC(=O)C1=C([O-])C2CC[N+](C(=O)C(C)(C)C)=C2O1. The Labute approximate surface area is 117 Å². The van der Waals surface area contributed by atoms with E-state index in [0.29, 0.717) is 13.0 Å². The number of hydrogen-bond acceptors (Lipinski definition) is 5. The van der Waals surface area contributed by atoms with Crippen LogP contribution >= 0.6 is 0 Å². The van der Waals surface area contributed by atoms with Crippen LogP contribution in [0.25, 0.3) is 0 Å². The smallest absolute Gasteiger partial charge is 0.394 e. The Bertz CT molecular complexity index is 524. The minimum atomic E-state index is -0.762. The molecule has 2 heterocycles. The topological polar surface area (TPSA) is 78.7 Å². The fourth-order valence-electron chi connectivity index (χ4n) is 2.31. The van der Waals surface area contributed by atoms with Gasteiger partial charge in [-0.2, -0.15) is 0 Å². The largest absolute Gasteiger partial charge is 0.872 e. The highest BCUT2D eigenvalue weighted by molar-refractivity contribution is 5.97. The first-order valence-corrected chi connectivity index (χ1v) is 6.72. The van der Waals surface area contributed by atoms with Crippen molar-refractivity contribution in [1.29, 1.82) is 0 Å². The van der Waals surface area contributed by atoms with Crippen LogP contribution < -0.4 is 5.11 Å². The first kappa shape index (κ1) is 14.6. The zero-order chi connectivity index (χ0) is 15.1. The van der Waals surface area contributed by atoms with Gasteiger partial charge in [-0.3, -0.25) is 0 Å². The molecule has 0 aromatic heterocycles. The maximum atomic E-state index is 12.3. The average molecular weight is 281 g/mol. The van der Waals surface area contributed by atoms with Gasteiger partial charge in [-0.05, 0) is 27.7 Å². The van der Waals surface area contributed by atoms with E-state index in [2.05, 4.69) is 0 Å². The summed E-state index contributed by atoms with van der Waals surface area (Å²) in [6.45, 7) is 7.67. The molecule has 0 fully saturated rings. The molecule has 0 N–H and O–H groups in total. The quantitative estimate of drug-likeness (QED) is 0.532. The van der Waals surface area contributed by atoms with Crippen molar-refractivity contribution in [3.8, 4) is 0 Å². The Morgan fingerprint density at radius 1 is 1.45 bits per heavy atom. The van der Waals surface area contributed by atoms with Gasteiger partial charge in [0.2, 0.25) is 5.76 Å². The Kier molecular flexibility index (Phi) is 3.58. The number of carbonyl (C=O) groups is 2. The summed E-state index contributed by atoms with van der Waals surface area (Å²) in [6.07, 6.45) is 0.485. The van der Waals surface area contributed by atoms with E-state index in [4.69, 9.17) is 9.47 Å². The predicted molar refractivity (Wildman–Crippen MR) is 67.4 cm³/mol. The number of amides is 1. The molecule has 2 aliphatic heterocycles. The number of nitrogens with zero attached hydrogens (tertiary/aromatic N) is 1. The third-order valence-corrected chi connectivity index (χ3v) is 3.30. The maximum absolute atomic E-state index is 12.3. The number of esters is 1. The average Bonchev–Trinajstić information content (AvgIpc) is 2.88. The molecule has 1 unspecified atom stereocenters. The first-order valence-electron chi connectivity index (χ1n) is 6.72. The second-order valence-corrected chi connectivity index (χ2v) is 5.90. The number of fused-ring (bicyclic) bond motifs is 1. The molecule has 0 aromatic carbocycles. The Morgan fingerprint density at radius 3 is 2.65 bits per heavy atom. The molecular weight excluding hydrogens is 262 g/mol. The molecule has 1 atom stereocenters. The van der Waals surface area contributed by atoms with Crippen molar-refractivity contribution in [2.75, 3.05) is 13.2 Å². The van der Waals surface area contributed by atoms with Crippen LogP contribution in [-0.2, 0) is 19.1 Å². The van der Waals surface area contributed by atoms with E-state index in [9.17, 15) is 14.7 Å². The lowest BCUT2D eigenvalue weighted by Gasteiger charge is -2.12. The normalized spacial score (nSPS) is 21.9. The summed E-state index contributed by atoms with van der Waals surface area (Å²) >= 11 is 0. The van der Waals surface area contributed by atoms with Crippen LogP contribution in [0.5, 0.6) is 0 Å². The molecule has 110 valence electrons. The highest BCUT2D eigenvalue weighted by atomic mass is 16.6. The second-order valence-electron chi connectivity index (χ2n) is 5.90. The van der Waals surface area contributed by atoms with Crippen LogP contribution in [0.3, 0.4) is 0 Å². The van der Waals surface area contributed by atoms with Gasteiger partial charge >= 0.3 is 17.8 Å². The summed E-state index contributed by atoms with van der Waals surface area (Å²) in [4.78, 5) is 23.9. The van der Waals surface area contributed by atoms with Crippen molar-refractivity contribution in [1.82, 2.24) is 0 Å². The van der Waals surface area contributed by atoms with E-state index in [1.807, 2.05) is 0 Å². The van der Waals surface area contributed by atoms with Crippen LogP contribution in [0.1, 0.15) is 34.1 Å². The van der Waals surface area contributed by atoms with Crippen molar-refractivity contribution in [2.45, 2.75) is 34.1 Å². The van der Waals surface area contributed by atoms with Gasteiger partial charge in [-0.15, -0.1) is 4.58 Å². The Morgan fingerprint density at radius 2 is 2.10 bits per heavy atom. The van der Waals surface area contributed by atoms with Crippen molar-refractivity contribution < 1.29 is 28.7 Å². The molecular formula is C14H19NO5. The lowest BCUT2D eigenvalue weighted by Crippen LogP contribution is -2.35. The minimum absolute atomic E-state index is 0.118. The molecule has 0 saturated heterocycles. The van der Waals surface area contributed by atoms with Gasteiger partial charge in [-0.25, -0.2) is 9.59 Å². The summed E-state index contributed by atoms with van der Waals surface area (Å²) in [5.41, 5.74) is -0.568. The highest BCUT2D eigenvalue weighted by Crippen LogP contribution is 2.32. The van der Waals surface area contributed by atoms with Crippen LogP contribution in [0.4, 0.5) is 0 Å². The first-order chi connectivity index (χ1) is 9.27. The third kappa shape index (κ3) is 2.30. The number of carbonyl (C=O) groups excluding carboxylic acids is 2. The van der Waals surface area contributed by atoms with Gasteiger partial charge in [0.05, 0.1) is 12.0 Å². The van der Waals surface area contributed by atoms with E-state index < -0.39 is 17.3 Å². The Hall–Kier alpha value is -1.85. The molecule has 0 aromatic rings. The van der Waals surface area contributed by atoms with Gasteiger partial charge in [0.15, 0.2) is 6.54 Å². The summed E-state index contributed by atoms with van der Waals surface area (Å²) < 4.78 is 11.6. The molecule has 0 saturated carbocycles. The van der Waals surface area contributed by atoms with Gasteiger partial charge in [0.1, 0.15) is 5.92 Å². The minimum Gasteiger partial charge on any atom is -0.872 e. The molecule has 2 aliphatic rings.